The molecule has 16 heavy (non-hydrogen) atoms. The molecule has 0 aliphatic carbocycles. The molecule has 1 aromatic heterocycles. The lowest BCUT2D eigenvalue weighted by atomic mass is 10.3. The number of thioether (sulfide) groups is 1. The zero-order chi connectivity index (χ0) is 11.6. The summed E-state index contributed by atoms with van der Waals surface area (Å²) in [6.07, 6.45) is 9.74. The Kier molecular flexibility index (Phi) is 7.34. The fourth-order valence-electron chi connectivity index (χ4n) is 1.57. The third kappa shape index (κ3) is 5.56. The van der Waals surface area contributed by atoms with Crippen LogP contribution in [-0.4, -0.2) is 34.6 Å². The van der Waals surface area contributed by atoms with Crippen molar-refractivity contribution >= 4 is 11.8 Å². The molecule has 0 saturated carbocycles. The van der Waals surface area contributed by atoms with Gasteiger partial charge in [-0.15, -0.1) is 0 Å². The first-order valence-electron chi connectivity index (χ1n) is 6.07. The van der Waals surface area contributed by atoms with Crippen molar-refractivity contribution in [2.75, 3.05) is 25.1 Å². The van der Waals surface area contributed by atoms with E-state index in [4.69, 9.17) is 0 Å². The molecule has 0 atom stereocenters. The van der Waals surface area contributed by atoms with E-state index in [-0.39, 0.29) is 0 Å². The summed E-state index contributed by atoms with van der Waals surface area (Å²) >= 11 is 1.90. The number of nitrogens with one attached hydrogen (secondary N) is 1. The molecule has 92 valence electrons. The number of aromatic nitrogens is 2. The van der Waals surface area contributed by atoms with Crippen molar-refractivity contribution in [1.82, 2.24) is 14.9 Å². The van der Waals surface area contributed by atoms with Gasteiger partial charge in [0.2, 0.25) is 0 Å². The maximum atomic E-state index is 4.41. The minimum absolute atomic E-state index is 1.04. The number of hydrogen-bond acceptors (Lipinski definition) is 3. The van der Waals surface area contributed by atoms with Crippen LogP contribution in [0.4, 0.5) is 0 Å². The SMILES string of the molecule is CCCNCCc1cn(CCCSC)cn1. The van der Waals surface area contributed by atoms with Gasteiger partial charge in [0.25, 0.3) is 0 Å². The van der Waals surface area contributed by atoms with Crippen molar-refractivity contribution in [2.45, 2.75) is 32.7 Å². The summed E-state index contributed by atoms with van der Waals surface area (Å²) in [5, 5.41) is 3.39. The summed E-state index contributed by atoms with van der Waals surface area (Å²) in [5.41, 5.74) is 1.20. The van der Waals surface area contributed by atoms with Gasteiger partial charge in [0.1, 0.15) is 0 Å². The highest BCUT2D eigenvalue weighted by Crippen LogP contribution is 2.01. The molecule has 0 fully saturated rings. The highest BCUT2D eigenvalue weighted by molar-refractivity contribution is 7.98. The maximum Gasteiger partial charge on any atom is 0.0949 e. The second-order valence-electron chi connectivity index (χ2n) is 3.95. The Morgan fingerprint density at radius 2 is 2.31 bits per heavy atom. The van der Waals surface area contributed by atoms with Gasteiger partial charge in [-0.3, -0.25) is 0 Å². The van der Waals surface area contributed by atoms with E-state index in [9.17, 15) is 0 Å². The third-order valence-corrected chi connectivity index (χ3v) is 3.13. The molecule has 0 aliphatic heterocycles. The second-order valence-corrected chi connectivity index (χ2v) is 4.93. The Morgan fingerprint density at radius 1 is 1.44 bits per heavy atom. The van der Waals surface area contributed by atoms with Gasteiger partial charge < -0.3 is 9.88 Å². The lowest BCUT2D eigenvalue weighted by Crippen LogP contribution is -2.17. The molecule has 4 heteroatoms. The predicted octanol–water partition coefficient (Wildman–Crippen LogP) is 2.18. The van der Waals surface area contributed by atoms with Crippen molar-refractivity contribution in [3.63, 3.8) is 0 Å². The van der Waals surface area contributed by atoms with Crippen molar-refractivity contribution < 1.29 is 0 Å². The summed E-state index contributed by atoms with van der Waals surface area (Å²) in [6, 6.07) is 0. The monoisotopic (exact) mass is 241 g/mol. The molecule has 0 saturated heterocycles. The van der Waals surface area contributed by atoms with E-state index in [0.29, 0.717) is 0 Å². The standard InChI is InChI=1S/C12H23N3S/c1-3-6-13-7-5-12-10-15(11-14-12)8-4-9-16-2/h10-11,13H,3-9H2,1-2H3. The summed E-state index contributed by atoms with van der Waals surface area (Å²) in [6.45, 7) is 5.42. The van der Waals surface area contributed by atoms with Gasteiger partial charge in [0, 0.05) is 25.7 Å². The molecule has 1 aromatic rings. The van der Waals surface area contributed by atoms with E-state index in [0.717, 1.165) is 26.1 Å². The maximum absolute atomic E-state index is 4.41. The van der Waals surface area contributed by atoms with E-state index in [1.807, 2.05) is 18.1 Å². The second kappa shape index (κ2) is 8.65. The molecule has 0 bridgehead atoms. The molecule has 3 nitrogen and oxygen atoms in total. The molecule has 0 spiro atoms. The Morgan fingerprint density at radius 3 is 3.06 bits per heavy atom. The summed E-state index contributed by atoms with van der Waals surface area (Å²) in [4.78, 5) is 4.41. The van der Waals surface area contributed by atoms with Gasteiger partial charge in [-0.1, -0.05) is 6.92 Å². The predicted molar refractivity (Wildman–Crippen MR) is 72.1 cm³/mol. The van der Waals surface area contributed by atoms with Crippen LogP contribution in [0.25, 0.3) is 0 Å². The number of rotatable bonds is 9. The molecule has 1 N–H and O–H groups in total. The number of nitrogens with zero attached hydrogens (tertiary/aromatic N) is 2. The molecular weight excluding hydrogens is 218 g/mol. The van der Waals surface area contributed by atoms with Crippen LogP contribution in [0.3, 0.4) is 0 Å². The highest BCUT2D eigenvalue weighted by Gasteiger charge is 1.98. The number of imidazole rings is 1. The zero-order valence-electron chi connectivity index (χ0n) is 10.4. The topological polar surface area (TPSA) is 29.9 Å². The van der Waals surface area contributed by atoms with Crippen LogP contribution < -0.4 is 5.32 Å². The van der Waals surface area contributed by atoms with Crippen LogP contribution in [0.2, 0.25) is 0 Å². The zero-order valence-corrected chi connectivity index (χ0v) is 11.2. The highest BCUT2D eigenvalue weighted by atomic mass is 32.2. The molecule has 0 radical (unpaired) electrons. The van der Waals surface area contributed by atoms with Crippen LogP contribution in [0.1, 0.15) is 25.5 Å². The van der Waals surface area contributed by atoms with Crippen LogP contribution in [0, 0.1) is 0 Å². The fraction of sp³-hybridized carbons (Fsp3) is 0.750. The van der Waals surface area contributed by atoms with Crippen molar-refractivity contribution in [3.8, 4) is 0 Å². The first-order chi connectivity index (χ1) is 7.86. The van der Waals surface area contributed by atoms with Gasteiger partial charge in [-0.25, -0.2) is 4.98 Å². The van der Waals surface area contributed by atoms with Crippen molar-refractivity contribution in [3.05, 3.63) is 18.2 Å². The van der Waals surface area contributed by atoms with Gasteiger partial charge in [-0.2, -0.15) is 11.8 Å². The van der Waals surface area contributed by atoms with Crippen LogP contribution >= 0.6 is 11.8 Å². The molecule has 0 unspecified atom stereocenters. The first-order valence-corrected chi connectivity index (χ1v) is 7.46. The summed E-state index contributed by atoms with van der Waals surface area (Å²) in [7, 11) is 0. The Balaban J connectivity index is 2.17. The van der Waals surface area contributed by atoms with E-state index >= 15 is 0 Å². The van der Waals surface area contributed by atoms with E-state index in [1.165, 1.54) is 24.3 Å². The van der Waals surface area contributed by atoms with E-state index < -0.39 is 0 Å². The Hall–Kier alpha value is -0.480. The average Bonchev–Trinajstić information content (AvgIpc) is 2.73. The average molecular weight is 241 g/mol. The summed E-state index contributed by atoms with van der Waals surface area (Å²) in [5.74, 6) is 1.23. The molecule has 0 aromatic carbocycles. The molecule has 1 rings (SSSR count). The fourth-order valence-corrected chi connectivity index (χ4v) is 1.99. The lowest BCUT2D eigenvalue weighted by Gasteiger charge is -2.00. The third-order valence-electron chi connectivity index (χ3n) is 2.44. The Bertz CT molecular complexity index is 273. The molecule has 1 heterocycles. The van der Waals surface area contributed by atoms with Gasteiger partial charge in [-0.05, 0) is 31.4 Å². The molecular formula is C12H23N3S. The lowest BCUT2D eigenvalue weighted by molar-refractivity contribution is 0.663. The quantitative estimate of drug-likeness (QED) is 0.672. The smallest absolute Gasteiger partial charge is 0.0949 e. The first kappa shape index (κ1) is 13.6. The molecule has 0 aliphatic rings. The minimum atomic E-state index is 1.04. The van der Waals surface area contributed by atoms with E-state index in [1.54, 1.807) is 0 Å². The van der Waals surface area contributed by atoms with E-state index in [2.05, 4.69) is 34.2 Å². The van der Waals surface area contributed by atoms with Gasteiger partial charge in [0.05, 0.1) is 12.0 Å². The van der Waals surface area contributed by atoms with Crippen LogP contribution in [-0.2, 0) is 13.0 Å². The van der Waals surface area contributed by atoms with Crippen molar-refractivity contribution in [1.29, 1.82) is 0 Å². The minimum Gasteiger partial charge on any atom is -0.337 e. The van der Waals surface area contributed by atoms with Crippen molar-refractivity contribution in [2.24, 2.45) is 0 Å². The summed E-state index contributed by atoms with van der Waals surface area (Å²) < 4.78 is 2.20. The normalized spacial score (nSPS) is 10.9. The number of aryl methyl sites for hydroxylation is 1. The van der Waals surface area contributed by atoms with Crippen LogP contribution in [0.5, 0.6) is 0 Å². The molecule has 0 amide bonds. The largest absolute Gasteiger partial charge is 0.337 e. The van der Waals surface area contributed by atoms with Gasteiger partial charge >= 0.3 is 0 Å². The van der Waals surface area contributed by atoms with Gasteiger partial charge in [0.15, 0.2) is 0 Å². The van der Waals surface area contributed by atoms with Crippen LogP contribution in [0.15, 0.2) is 12.5 Å². The Labute approximate surface area is 103 Å². The number of hydrogen-bond donors (Lipinski definition) is 1.